The molecule has 1 aromatic carbocycles. The van der Waals surface area contributed by atoms with Crippen LogP contribution >= 0.6 is 0 Å². The van der Waals surface area contributed by atoms with Crippen molar-refractivity contribution in [2.45, 2.75) is 0 Å². The number of benzene rings is 1. The molecule has 13 heavy (non-hydrogen) atoms. The Bertz CT molecular complexity index is 450. The molecule has 0 radical (unpaired) electrons. The molecule has 0 unspecified atom stereocenters. The van der Waals surface area contributed by atoms with Crippen LogP contribution in [0, 0.1) is 11.6 Å². The molecule has 1 heterocycles. The standard InChI is InChI=1S/C9H7F2NO/c1-13-9-6(10)4-7-5(8(9)11)2-3-12-7/h2-4,12H,1H3. The summed E-state index contributed by atoms with van der Waals surface area (Å²) in [6.45, 7) is 0. The molecule has 0 amide bonds. The van der Waals surface area contributed by atoms with Gasteiger partial charge in [-0.15, -0.1) is 0 Å². The van der Waals surface area contributed by atoms with Gasteiger partial charge in [0.2, 0.25) is 0 Å². The second-order valence-electron chi connectivity index (χ2n) is 2.64. The Balaban J connectivity index is 2.85. The Hall–Kier alpha value is -1.58. The number of fused-ring (bicyclic) bond motifs is 1. The number of rotatable bonds is 1. The summed E-state index contributed by atoms with van der Waals surface area (Å²) in [6, 6.07) is 2.74. The number of halogens is 2. The van der Waals surface area contributed by atoms with Gasteiger partial charge in [0, 0.05) is 17.6 Å². The Kier molecular flexibility index (Phi) is 1.69. The molecule has 68 valence electrons. The molecule has 2 nitrogen and oxygen atoms in total. The number of hydrogen-bond donors (Lipinski definition) is 1. The van der Waals surface area contributed by atoms with Gasteiger partial charge in [-0.1, -0.05) is 0 Å². The second kappa shape index (κ2) is 2.73. The van der Waals surface area contributed by atoms with Crippen molar-refractivity contribution < 1.29 is 13.5 Å². The molecule has 1 N–H and O–H groups in total. The summed E-state index contributed by atoms with van der Waals surface area (Å²) in [7, 11) is 1.24. The average Bonchev–Trinajstić information content (AvgIpc) is 2.53. The van der Waals surface area contributed by atoms with Crippen LogP contribution in [0.3, 0.4) is 0 Å². The van der Waals surface area contributed by atoms with E-state index in [2.05, 4.69) is 9.72 Å². The normalized spacial score (nSPS) is 10.7. The fraction of sp³-hybridized carbons (Fsp3) is 0.111. The van der Waals surface area contributed by atoms with Gasteiger partial charge in [-0.25, -0.2) is 8.78 Å². The van der Waals surface area contributed by atoms with E-state index in [4.69, 9.17) is 0 Å². The highest BCUT2D eigenvalue weighted by molar-refractivity contribution is 5.81. The first kappa shape index (κ1) is 8.04. The zero-order valence-corrected chi connectivity index (χ0v) is 6.90. The molecule has 2 rings (SSSR count). The number of ether oxygens (including phenoxy) is 1. The summed E-state index contributed by atoms with van der Waals surface area (Å²) >= 11 is 0. The lowest BCUT2D eigenvalue weighted by Crippen LogP contribution is -1.92. The molecule has 2 aromatic rings. The fourth-order valence-corrected chi connectivity index (χ4v) is 1.30. The van der Waals surface area contributed by atoms with E-state index in [1.165, 1.54) is 19.2 Å². The minimum atomic E-state index is -0.699. The van der Waals surface area contributed by atoms with Crippen LogP contribution in [0.2, 0.25) is 0 Å². The Morgan fingerprint density at radius 1 is 1.38 bits per heavy atom. The maximum atomic E-state index is 13.4. The molecule has 0 atom stereocenters. The van der Waals surface area contributed by atoms with Gasteiger partial charge in [-0.05, 0) is 6.07 Å². The highest BCUT2D eigenvalue weighted by Crippen LogP contribution is 2.28. The van der Waals surface area contributed by atoms with E-state index in [9.17, 15) is 8.78 Å². The molecule has 4 heteroatoms. The third-order valence-corrected chi connectivity index (χ3v) is 1.91. The summed E-state index contributed by atoms with van der Waals surface area (Å²) in [4.78, 5) is 2.72. The maximum Gasteiger partial charge on any atom is 0.191 e. The van der Waals surface area contributed by atoms with Crippen molar-refractivity contribution in [1.82, 2.24) is 4.98 Å². The highest BCUT2D eigenvalue weighted by Gasteiger charge is 2.14. The third-order valence-electron chi connectivity index (χ3n) is 1.91. The first-order chi connectivity index (χ1) is 6.24. The zero-order valence-electron chi connectivity index (χ0n) is 6.90. The van der Waals surface area contributed by atoms with Crippen LogP contribution in [-0.4, -0.2) is 12.1 Å². The Labute approximate surface area is 73.1 Å². The number of methoxy groups -OCH3 is 1. The van der Waals surface area contributed by atoms with E-state index in [0.29, 0.717) is 10.9 Å². The third kappa shape index (κ3) is 1.06. The van der Waals surface area contributed by atoms with Crippen molar-refractivity contribution in [2.75, 3.05) is 7.11 Å². The lowest BCUT2D eigenvalue weighted by Gasteiger charge is -2.03. The SMILES string of the molecule is COc1c(F)cc2[nH]ccc2c1F. The zero-order chi connectivity index (χ0) is 9.42. The molecule has 0 saturated carbocycles. The van der Waals surface area contributed by atoms with Crippen LogP contribution in [-0.2, 0) is 0 Å². The van der Waals surface area contributed by atoms with Crippen LogP contribution < -0.4 is 4.74 Å². The number of H-pyrrole nitrogens is 1. The number of aromatic nitrogens is 1. The maximum absolute atomic E-state index is 13.4. The number of hydrogen-bond acceptors (Lipinski definition) is 1. The van der Waals surface area contributed by atoms with E-state index < -0.39 is 11.6 Å². The van der Waals surface area contributed by atoms with Gasteiger partial charge < -0.3 is 9.72 Å². The monoisotopic (exact) mass is 183 g/mol. The van der Waals surface area contributed by atoms with E-state index in [-0.39, 0.29) is 5.75 Å². The first-order valence-corrected chi connectivity index (χ1v) is 3.73. The number of nitrogens with one attached hydrogen (secondary N) is 1. The summed E-state index contributed by atoms with van der Waals surface area (Å²) in [5.74, 6) is -1.71. The van der Waals surface area contributed by atoms with Gasteiger partial charge in [0.25, 0.3) is 0 Å². The highest BCUT2D eigenvalue weighted by atomic mass is 19.1. The van der Waals surface area contributed by atoms with Crippen LogP contribution in [0.1, 0.15) is 0 Å². The van der Waals surface area contributed by atoms with Gasteiger partial charge >= 0.3 is 0 Å². The van der Waals surface area contributed by atoms with E-state index in [0.717, 1.165) is 0 Å². The molecular weight excluding hydrogens is 176 g/mol. The van der Waals surface area contributed by atoms with Gasteiger partial charge in [0.1, 0.15) is 0 Å². The van der Waals surface area contributed by atoms with E-state index in [1.807, 2.05) is 0 Å². The van der Waals surface area contributed by atoms with Crippen LogP contribution in [0.5, 0.6) is 5.75 Å². The van der Waals surface area contributed by atoms with Gasteiger partial charge in [-0.2, -0.15) is 0 Å². The summed E-state index contributed by atoms with van der Waals surface area (Å²) in [6.07, 6.45) is 1.55. The first-order valence-electron chi connectivity index (χ1n) is 3.73. The van der Waals surface area contributed by atoms with Crippen molar-refractivity contribution in [1.29, 1.82) is 0 Å². The molecule has 0 aliphatic heterocycles. The predicted octanol–water partition coefficient (Wildman–Crippen LogP) is 2.45. The van der Waals surface area contributed by atoms with Crippen LogP contribution in [0.4, 0.5) is 8.78 Å². The molecule has 0 aliphatic carbocycles. The quantitative estimate of drug-likeness (QED) is 0.721. The molecule has 0 bridgehead atoms. The minimum absolute atomic E-state index is 0.332. The smallest absolute Gasteiger partial charge is 0.191 e. The average molecular weight is 183 g/mol. The van der Waals surface area contributed by atoms with Crippen molar-refractivity contribution >= 4 is 10.9 Å². The molecule has 1 aromatic heterocycles. The van der Waals surface area contributed by atoms with Crippen LogP contribution in [0.15, 0.2) is 18.3 Å². The van der Waals surface area contributed by atoms with Crippen molar-refractivity contribution in [2.24, 2.45) is 0 Å². The molecule has 0 aliphatic rings. The molecule has 0 fully saturated rings. The van der Waals surface area contributed by atoms with E-state index >= 15 is 0 Å². The van der Waals surface area contributed by atoms with Crippen LogP contribution in [0.25, 0.3) is 10.9 Å². The van der Waals surface area contributed by atoms with Gasteiger partial charge in [0.05, 0.1) is 12.6 Å². The Morgan fingerprint density at radius 3 is 2.85 bits per heavy atom. The lowest BCUT2D eigenvalue weighted by atomic mass is 10.2. The summed E-state index contributed by atoms with van der Waals surface area (Å²) < 4.78 is 31.0. The van der Waals surface area contributed by atoms with Gasteiger partial charge in [0.15, 0.2) is 17.4 Å². The molecular formula is C9H7F2NO. The molecule has 0 saturated heterocycles. The lowest BCUT2D eigenvalue weighted by molar-refractivity contribution is 0.362. The summed E-state index contributed by atoms with van der Waals surface area (Å²) in [5.41, 5.74) is 0.427. The van der Waals surface area contributed by atoms with Crippen molar-refractivity contribution in [3.63, 3.8) is 0 Å². The number of aromatic amines is 1. The second-order valence-corrected chi connectivity index (χ2v) is 2.64. The summed E-state index contributed by atoms with van der Waals surface area (Å²) in [5, 5.41) is 0.332. The predicted molar refractivity (Wildman–Crippen MR) is 44.8 cm³/mol. The van der Waals surface area contributed by atoms with Crippen molar-refractivity contribution in [3.05, 3.63) is 30.0 Å². The molecule has 0 spiro atoms. The van der Waals surface area contributed by atoms with Gasteiger partial charge in [-0.3, -0.25) is 0 Å². The van der Waals surface area contributed by atoms with Crippen molar-refractivity contribution in [3.8, 4) is 5.75 Å². The topological polar surface area (TPSA) is 25.0 Å². The van der Waals surface area contributed by atoms with E-state index in [1.54, 1.807) is 6.20 Å². The largest absolute Gasteiger partial charge is 0.491 e. The fourth-order valence-electron chi connectivity index (χ4n) is 1.30. The minimum Gasteiger partial charge on any atom is -0.491 e. The Morgan fingerprint density at radius 2 is 2.15 bits per heavy atom.